The van der Waals surface area contributed by atoms with Gasteiger partial charge in [0.1, 0.15) is 18.2 Å². The number of ether oxygens (including phenoxy) is 1. The molecule has 0 atom stereocenters. The summed E-state index contributed by atoms with van der Waals surface area (Å²) in [6, 6.07) is 9.48. The van der Waals surface area contributed by atoms with Crippen molar-refractivity contribution in [1.82, 2.24) is 0 Å². The van der Waals surface area contributed by atoms with Crippen LogP contribution in [-0.2, 0) is 19.8 Å². The smallest absolute Gasteiger partial charge is 0.131 e. The van der Waals surface area contributed by atoms with Crippen molar-refractivity contribution in [3.8, 4) is 5.75 Å². The van der Waals surface area contributed by atoms with Gasteiger partial charge in [-0.05, 0) is 29.8 Å². The molecule has 0 aromatic heterocycles. The van der Waals surface area contributed by atoms with Crippen molar-refractivity contribution in [3.05, 3.63) is 63.9 Å². The van der Waals surface area contributed by atoms with Crippen LogP contribution in [0, 0.1) is 5.82 Å². The van der Waals surface area contributed by atoms with Gasteiger partial charge < -0.3 is 14.9 Å². The lowest BCUT2D eigenvalue weighted by Gasteiger charge is -2.14. The highest BCUT2D eigenvalue weighted by Gasteiger charge is 2.12. The zero-order valence-corrected chi connectivity index (χ0v) is 11.4. The largest absolute Gasteiger partial charge is 0.488 e. The first-order valence-corrected chi connectivity index (χ1v) is 6.42. The summed E-state index contributed by atoms with van der Waals surface area (Å²) in [7, 11) is 0. The molecule has 2 N–H and O–H groups in total. The minimum Gasteiger partial charge on any atom is -0.488 e. The molecule has 0 spiro atoms. The number of halogens is 2. The van der Waals surface area contributed by atoms with Gasteiger partial charge in [-0.2, -0.15) is 0 Å². The molecule has 0 saturated heterocycles. The Bertz CT molecular complexity index is 559. The second-order valence-electron chi connectivity index (χ2n) is 4.28. The average molecular weight is 297 g/mol. The first-order valence-electron chi connectivity index (χ1n) is 6.04. The summed E-state index contributed by atoms with van der Waals surface area (Å²) in [6.45, 7) is -0.482. The standard InChI is InChI=1S/C15H14ClFO3/c16-13-3-1-10(2-4-13)9-20-15-11(7-18)5-14(17)6-12(15)8-19/h1-6,18-19H,7-9H2. The van der Waals surface area contributed by atoms with E-state index >= 15 is 0 Å². The van der Waals surface area contributed by atoms with Gasteiger partial charge in [-0.3, -0.25) is 0 Å². The zero-order chi connectivity index (χ0) is 14.5. The number of rotatable bonds is 5. The normalized spacial score (nSPS) is 10.6. The lowest BCUT2D eigenvalue weighted by Crippen LogP contribution is -2.03. The molecule has 2 rings (SSSR count). The Morgan fingerprint density at radius 1 is 1.00 bits per heavy atom. The fourth-order valence-electron chi connectivity index (χ4n) is 1.87. The van der Waals surface area contributed by atoms with E-state index < -0.39 is 5.82 Å². The van der Waals surface area contributed by atoms with Gasteiger partial charge in [0.2, 0.25) is 0 Å². The Hall–Kier alpha value is -1.62. The van der Waals surface area contributed by atoms with Crippen LogP contribution in [0.25, 0.3) is 0 Å². The number of aliphatic hydroxyl groups is 2. The third-order valence-electron chi connectivity index (χ3n) is 2.84. The second kappa shape index (κ2) is 6.70. The summed E-state index contributed by atoms with van der Waals surface area (Å²) < 4.78 is 18.9. The van der Waals surface area contributed by atoms with Crippen LogP contribution < -0.4 is 4.74 Å². The third kappa shape index (κ3) is 3.48. The molecule has 2 aromatic rings. The van der Waals surface area contributed by atoms with E-state index in [-0.39, 0.29) is 19.8 Å². The minimum atomic E-state index is -0.517. The molecule has 0 aliphatic heterocycles. The average Bonchev–Trinajstić information content (AvgIpc) is 2.46. The highest BCUT2D eigenvalue weighted by atomic mass is 35.5. The highest BCUT2D eigenvalue weighted by Crippen LogP contribution is 2.27. The van der Waals surface area contributed by atoms with Crippen molar-refractivity contribution < 1.29 is 19.3 Å². The number of aliphatic hydroxyl groups excluding tert-OH is 2. The van der Waals surface area contributed by atoms with Crippen LogP contribution in [0.2, 0.25) is 5.02 Å². The molecule has 3 nitrogen and oxygen atoms in total. The second-order valence-corrected chi connectivity index (χ2v) is 4.72. The van der Waals surface area contributed by atoms with Gasteiger partial charge in [-0.15, -0.1) is 0 Å². The Morgan fingerprint density at radius 2 is 1.55 bits per heavy atom. The summed E-state index contributed by atoms with van der Waals surface area (Å²) in [5.41, 5.74) is 1.50. The molecule has 0 fully saturated rings. The van der Waals surface area contributed by atoms with E-state index in [2.05, 4.69) is 0 Å². The van der Waals surface area contributed by atoms with Crippen LogP contribution in [0.1, 0.15) is 16.7 Å². The van der Waals surface area contributed by atoms with Crippen molar-refractivity contribution in [2.45, 2.75) is 19.8 Å². The molecule has 20 heavy (non-hydrogen) atoms. The summed E-state index contributed by atoms with van der Waals surface area (Å²) in [5, 5.41) is 19.1. The van der Waals surface area contributed by atoms with Crippen LogP contribution in [0.5, 0.6) is 5.75 Å². The minimum absolute atomic E-state index is 0.239. The summed E-state index contributed by atoms with van der Waals surface area (Å²) in [6.07, 6.45) is 0. The summed E-state index contributed by atoms with van der Waals surface area (Å²) in [5.74, 6) is -0.205. The quantitative estimate of drug-likeness (QED) is 0.891. The van der Waals surface area contributed by atoms with E-state index in [1.54, 1.807) is 12.1 Å². The fraction of sp³-hybridized carbons (Fsp3) is 0.200. The molecule has 0 amide bonds. The molecule has 0 saturated carbocycles. The van der Waals surface area contributed by atoms with Crippen molar-refractivity contribution in [3.63, 3.8) is 0 Å². The SMILES string of the molecule is OCc1cc(F)cc(CO)c1OCc1ccc(Cl)cc1. The number of hydrogen-bond acceptors (Lipinski definition) is 3. The topological polar surface area (TPSA) is 49.7 Å². The molecule has 106 valence electrons. The Kier molecular flexibility index (Phi) is 4.95. The molecule has 5 heteroatoms. The zero-order valence-electron chi connectivity index (χ0n) is 10.6. The lowest BCUT2D eigenvalue weighted by atomic mass is 10.1. The van der Waals surface area contributed by atoms with Gasteiger partial charge in [0.05, 0.1) is 13.2 Å². The molecule has 0 radical (unpaired) electrons. The van der Waals surface area contributed by atoms with E-state index in [1.165, 1.54) is 12.1 Å². The van der Waals surface area contributed by atoms with E-state index in [4.69, 9.17) is 16.3 Å². The molecular formula is C15H14ClFO3. The van der Waals surface area contributed by atoms with Crippen molar-refractivity contribution in [2.24, 2.45) is 0 Å². The van der Waals surface area contributed by atoms with E-state index in [9.17, 15) is 14.6 Å². The van der Waals surface area contributed by atoms with Gasteiger partial charge in [0, 0.05) is 16.1 Å². The first kappa shape index (κ1) is 14.8. The summed E-state index contributed by atoms with van der Waals surface area (Å²) in [4.78, 5) is 0. The van der Waals surface area contributed by atoms with Crippen LogP contribution in [-0.4, -0.2) is 10.2 Å². The monoisotopic (exact) mass is 296 g/mol. The van der Waals surface area contributed by atoms with Crippen molar-refractivity contribution in [1.29, 1.82) is 0 Å². The maximum Gasteiger partial charge on any atom is 0.131 e. The number of benzene rings is 2. The molecular weight excluding hydrogens is 283 g/mol. The predicted octanol–water partition coefficient (Wildman–Crippen LogP) is 3.04. The van der Waals surface area contributed by atoms with Crippen LogP contribution >= 0.6 is 11.6 Å². The molecule has 2 aromatic carbocycles. The van der Waals surface area contributed by atoms with Gasteiger partial charge in [0.25, 0.3) is 0 Å². The van der Waals surface area contributed by atoms with Gasteiger partial charge >= 0.3 is 0 Å². The Morgan fingerprint density at radius 3 is 2.05 bits per heavy atom. The first-order chi connectivity index (χ1) is 9.63. The van der Waals surface area contributed by atoms with Crippen LogP contribution in [0.15, 0.2) is 36.4 Å². The van der Waals surface area contributed by atoms with E-state index in [0.717, 1.165) is 5.56 Å². The Labute approximate surface area is 121 Å². The lowest BCUT2D eigenvalue weighted by molar-refractivity contribution is 0.241. The van der Waals surface area contributed by atoms with Crippen LogP contribution in [0.4, 0.5) is 4.39 Å². The molecule has 0 unspecified atom stereocenters. The van der Waals surface area contributed by atoms with Crippen molar-refractivity contribution in [2.75, 3.05) is 0 Å². The third-order valence-corrected chi connectivity index (χ3v) is 3.10. The molecule has 0 bridgehead atoms. The molecule has 0 aliphatic rings. The molecule has 0 heterocycles. The van der Waals surface area contributed by atoms with Crippen LogP contribution in [0.3, 0.4) is 0 Å². The van der Waals surface area contributed by atoms with Gasteiger partial charge in [0.15, 0.2) is 0 Å². The van der Waals surface area contributed by atoms with Crippen molar-refractivity contribution >= 4 is 11.6 Å². The Balaban J connectivity index is 2.21. The van der Waals surface area contributed by atoms with Gasteiger partial charge in [-0.25, -0.2) is 4.39 Å². The van der Waals surface area contributed by atoms with E-state index in [0.29, 0.717) is 21.9 Å². The maximum atomic E-state index is 13.3. The maximum absolute atomic E-state index is 13.3. The predicted molar refractivity (Wildman–Crippen MR) is 74.0 cm³/mol. The fourth-order valence-corrected chi connectivity index (χ4v) is 1.99. The number of hydrogen-bond donors (Lipinski definition) is 2. The highest BCUT2D eigenvalue weighted by molar-refractivity contribution is 6.30. The van der Waals surface area contributed by atoms with Gasteiger partial charge in [-0.1, -0.05) is 23.7 Å². The molecule has 0 aliphatic carbocycles. The summed E-state index contributed by atoms with van der Waals surface area (Å²) >= 11 is 5.79. The van der Waals surface area contributed by atoms with E-state index in [1.807, 2.05) is 12.1 Å².